The number of carbonyl (C=O) groups excluding carboxylic acids is 2. The highest BCUT2D eigenvalue weighted by Crippen LogP contribution is 2.42. The minimum Gasteiger partial charge on any atom is -0.370 e. The molecule has 2 fully saturated rings. The van der Waals surface area contributed by atoms with Gasteiger partial charge in [0, 0.05) is 36.0 Å². The summed E-state index contributed by atoms with van der Waals surface area (Å²) < 4.78 is 5.47. The number of hydrogen-bond acceptors (Lipinski definition) is 3. The Labute approximate surface area is 218 Å². The maximum Gasteiger partial charge on any atom is 0.246 e. The number of morpholine rings is 1. The lowest BCUT2D eigenvalue weighted by Crippen LogP contribution is -3.14. The Balaban J connectivity index is 1.31. The lowest BCUT2D eigenvalue weighted by atomic mass is 9.85. The fourth-order valence-corrected chi connectivity index (χ4v) is 6.35. The molecule has 4 heterocycles. The molecule has 0 radical (unpaired) electrons. The molecule has 0 spiro atoms. The number of aromatic nitrogens is 1. The summed E-state index contributed by atoms with van der Waals surface area (Å²) in [7, 11) is 0. The van der Waals surface area contributed by atoms with Crippen molar-refractivity contribution >= 4 is 22.7 Å². The number of hydrogen-bond donors (Lipinski definition) is 2. The maximum absolute atomic E-state index is 13.9. The monoisotopic (exact) mass is 501 g/mol. The van der Waals surface area contributed by atoms with Gasteiger partial charge in [0.15, 0.2) is 0 Å². The Morgan fingerprint density at radius 2 is 1.81 bits per heavy atom. The highest BCUT2D eigenvalue weighted by atomic mass is 16.5. The second-order valence-electron chi connectivity index (χ2n) is 11.0. The van der Waals surface area contributed by atoms with Gasteiger partial charge in [-0.25, -0.2) is 0 Å². The summed E-state index contributed by atoms with van der Waals surface area (Å²) in [6, 6.07) is 16.1. The number of amides is 2. The fraction of sp³-hybridized carbons (Fsp3) is 0.467. The Morgan fingerprint density at radius 1 is 1.05 bits per heavy atom. The highest BCUT2D eigenvalue weighted by molar-refractivity contribution is 5.97. The summed E-state index contributed by atoms with van der Waals surface area (Å²) in [5.41, 5.74) is 5.58. The number of carbonyl (C=O) groups is 2. The summed E-state index contributed by atoms with van der Waals surface area (Å²) in [5.74, 6) is 0.546. The molecule has 0 bridgehead atoms. The van der Waals surface area contributed by atoms with Crippen molar-refractivity contribution in [2.45, 2.75) is 44.7 Å². The zero-order chi connectivity index (χ0) is 25.5. The zero-order valence-corrected chi connectivity index (χ0v) is 21.8. The van der Waals surface area contributed by atoms with E-state index in [-0.39, 0.29) is 24.4 Å². The van der Waals surface area contributed by atoms with Gasteiger partial charge < -0.3 is 24.4 Å². The first-order chi connectivity index (χ1) is 18.0. The predicted molar refractivity (Wildman–Crippen MR) is 143 cm³/mol. The van der Waals surface area contributed by atoms with Gasteiger partial charge in [0.25, 0.3) is 0 Å². The highest BCUT2D eigenvalue weighted by Gasteiger charge is 2.48. The number of para-hydroxylation sites is 1. The molecular formula is C30H37N4O3+. The molecule has 0 saturated carbocycles. The summed E-state index contributed by atoms with van der Waals surface area (Å²) >= 11 is 0. The van der Waals surface area contributed by atoms with Gasteiger partial charge in [0.2, 0.25) is 11.8 Å². The second-order valence-corrected chi connectivity index (χ2v) is 11.0. The number of nitrogens with zero attached hydrogens (tertiary/aromatic N) is 2. The van der Waals surface area contributed by atoms with Crippen molar-refractivity contribution in [3.63, 3.8) is 0 Å². The van der Waals surface area contributed by atoms with E-state index in [2.05, 4.69) is 55.2 Å². The molecular weight excluding hydrogens is 464 g/mol. The van der Waals surface area contributed by atoms with Gasteiger partial charge >= 0.3 is 0 Å². The molecule has 37 heavy (non-hydrogen) atoms. The van der Waals surface area contributed by atoms with E-state index in [9.17, 15) is 9.59 Å². The molecule has 0 aliphatic carbocycles. The molecule has 3 aromatic rings. The first kappa shape index (κ1) is 24.2. The van der Waals surface area contributed by atoms with Crippen LogP contribution in [0.3, 0.4) is 0 Å². The van der Waals surface area contributed by atoms with Crippen molar-refractivity contribution in [1.82, 2.24) is 14.8 Å². The largest absolute Gasteiger partial charge is 0.370 e. The van der Waals surface area contributed by atoms with E-state index in [1.54, 1.807) is 0 Å². The van der Waals surface area contributed by atoms with Gasteiger partial charge in [-0.3, -0.25) is 9.59 Å². The third-order valence-corrected chi connectivity index (χ3v) is 8.42. The van der Waals surface area contributed by atoms with Crippen molar-refractivity contribution in [3.05, 3.63) is 70.9 Å². The van der Waals surface area contributed by atoms with Crippen molar-refractivity contribution in [2.75, 3.05) is 45.9 Å². The van der Waals surface area contributed by atoms with Crippen molar-refractivity contribution in [2.24, 2.45) is 0 Å². The SMILES string of the molecule is CC(C)c1ccc([C@H]2c3[nH]c4ccccc4c3C[C@H]3C(=O)N(CCC[NH+]4CCOCC4)CC(=O)N23)cc1. The number of ether oxygens (including phenoxy) is 1. The molecule has 7 heteroatoms. The Kier molecular flexibility index (Phi) is 6.51. The van der Waals surface area contributed by atoms with E-state index in [1.807, 2.05) is 21.9 Å². The number of aromatic amines is 1. The van der Waals surface area contributed by atoms with Gasteiger partial charge in [0.05, 0.1) is 32.3 Å². The number of fused-ring (bicyclic) bond motifs is 4. The Morgan fingerprint density at radius 3 is 2.57 bits per heavy atom. The number of nitrogens with one attached hydrogen (secondary N) is 2. The smallest absolute Gasteiger partial charge is 0.246 e. The van der Waals surface area contributed by atoms with Crippen LogP contribution in [0.4, 0.5) is 0 Å². The molecule has 3 aliphatic rings. The lowest BCUT2D eigenvalue weighted by molar-refractivity contribution is -0.908. The quantitative estimate of drug-likeness (QED) is 0.545. The Hall–Kier alpha value is -3.16. The predicted octanol–water partition coefficient (Wildman–Crippen LogP) is 2.28. The molecule has 2 saturated heterocycles. The second kappa shape index (κ2) is 9.95. The topological polar surface area (TPSA) is 70.1 Å². The average Bonchev–Trinajstić information content (AvgIpc) is 3.29. The van der Waals surface area contributed by atoms with E-state index >= 15 is 0 Å². The molecule has 194 valence electrons. The van der Waals surface area contributed by atoms with E-state index < -0.39 is 6.04 Å². The van der Waals surface area contributed by atoms with Crippen LogP contribution < -0.4 is 4.90 Å². The van der Waals surface area contributed by atoms with Crippen LogP contribution in [-0.2, 0) is 20.7 Å². The Bertz CT molecular complexity index is 1290. The third kappa shape index (κ3) is 4.44. The van der Waals surface area contributed by atoms with Crippen LogP contribution in [-0.4, -0.2) is 78.6 Å². The number of benzene rings is 2. The summed E-state index contributed by atoms with van der Waals surface area (Å²) in [4.78, 5) is 36.4. The van der Waals surface area contributed by atoms with E-state index in [0.717, 1.165) is 67.0 Å². The van der Waals surface area contributed by atoms with Gasteiger partial charge in [0.1, 0.15) is 19.1 Å². The van der Waals surface area contributed by atoms with Crippen molar-refractivity contribution in [1.29, 1.82) is 0 Å². The fourth-order valence-electron chi connectivity index (χ4n) is 6.35. The lowest BCUT2D eigenvalue weighted by Gasteiger charge is -2.47. The molecule has 2 aromatic carbocycles. The van der Waals surface area contributed by atoms with Crippen LogP contribution >= 0.6 is 0 Å². The maximum atomic E-state index is 13.9. The molecule has 7 nitrogen and oxygen atoms in total. The standard InChI is InChI=1S/C30H36N4O3/c1-20(2)21-8-10-22(11-9-21)29-28-24(23-6-3-4-7-25(23)31-28)18-26-30(36)33(19-27(35)34(26)29)13-5-12-32-14-16-37-17-15-32/h3-4,6-11,20,26,29,31H,5,12-19H2,1-2H3/p+1/t26-,29-/m0/s1. The third-order valence-electron chi connectivity index (χ3n) is 8.42. The van der Waals surface area contributed by atoms with Crippen LogP contribution in [0.15, 0.2) is 48.5 Å². The van der Waals surface area contributed by atoms with E-state index in [1.165, 1.54) is 10.5 Å². The molecule has 2 atom stereocenters. The van der Waals surface area contributed by atoms with Gasteiger partial charge in [-0.15, -0.1) is 0 Å². The summed E-state index contributed by atoms with van der Waals surface area (Å²) in [6.07, 6.45) is 1.45. The number of H-pyrrole nitrogens is 1. The molecule has 3 aliphatic heterocycles. The first-order valence-electron chi connectivity index (χ1n) is 13.7. The van der Waals surface area contributed by atoms with Gasteiger partial charge in [-0.05, 0) is 28.7 Å². The molecule has 0 unspecified atom stereocenters. The van der Waals surface area contributed by atoms with Crippen LogP contribution in [0.5, 0.6) is 0 Å². The van der Waals surface area contributed by atoms with Crippen LogP contribution in [0.1, 0.15) is 54.6 Å². The molecule has 2 N–H and O–H groups in total. The van der Waals surface area contributed by atoms with E-state index in [0.29, 0.717) is 18.9 Å². The molecule has 1 aromatic heterocycles. The number of quaternary nitrogens is 1. The minimum absolute atomic E-state index is 0.0329. The average molecular weight is 502 g/mol. The van der Waals surface area contributed by atoms with Crippen LogP contribution in [0, 0.1) is 0 Å². The molecule has 6 rings (SSSR count). The van der Waals surface area contributed by atoms with E-state index in [4.69, 9.17) is 4.74 Å². The summed E-state index contributed by atoms with van der Waals surface area (Å²) in [6.45, 7) is 9.81. The summed E-state index contributed by atoms with van der Waals surface area (Å²) in [5, 5.41) is 1.15. The minimum atomic E-state index is -0.474. The zero-order valence-electron chi connectivity index (χ0n) is 21.8. The van der Waals surface area contributed by atoms with Crippen LogP contribution in [0.2, 0.25) is 0 Å². The van der Waals surface area contributed by atoms with Crippen molar-refractivity contribution < 1.29 is 19.2 Å². The number of piperazine rings is 1. The normalized spacial score (nSPS) is 22.6. The van der Waals surface area contributed by atoms with Gasteiger partial charge in [-0.1, -0.05) is 56.3 Å². The number of rotatable bonds is 6. The molecule has 2 amide bonds. The van der Waals surface area contributed by atoms with Gasteiger partial charge in [-0.2, -0.15) is 0 Å². The first-order valence-corrected chi connectivity index (χ1v) is 13.7. The van der Waals surface area contributed by atoms with Crippen molar-refractivity contribution in [3.8, 4) is 0 Å². The van der Waals surface area contributed by atoms with Crippen LogP contribution in [0.25, 0.3) is 10.9 Å².